The van der Waals surface area contributed by atoms with Crippen molar-refractivity contribution in [2.45, 2.75) is 200 Å². The van der Waals surface area contributed by atoms with Gasteiger partial charge < -0.3 is 112 Å². The quantitative estimate of drug-likeness (QED) is 0.0191. The van der Waals surface area contributed by atoms with E-state index in [1.54, 1.807) is 121 Å². The molecular formula is C77H90O28Si. The van der Waals surface area contributed by atoms with Crippen LogP contribution in [-0.2, 0) is 82.4 Å². The van der Waals surface area contributed by atoms with Crippen molar-refractivity contribution in [1.82, 2.24) is 0 Å². The first-order valence-electron chi connectivity index (χ1n) is 35.1. The van der Waals surface area contributed by atoms with Crippen LogP contribution in [0.15, 0.2) is 182 Å². The van der Waals surface area contributed by atoms with Gasteiger partial charge >= 0.3 is 29.8 Å². The van der Waals surface area contributed by atoms with Crippen LogP contribution in [0.25, 0.3) is 0 Å². The molecule has 7 N–H and O–H groups in total. The fourth-order valence-corrected chi connectivity index (χ4v) is 13.4. The van der Waals surface area contributed by atoms with Gasteiger partial charge in [0.1, 0.15) is 79.9 Å². The summed E-state index contributed by atoms with van der Waals surface area (Å²) in [6.45, 7) is 6.52. The molecule has 5 fully saturated rings. The van der Waals surface area contributed by atoms with Gasteiger partial charge in [-0.1, -0.05) is 141 Å². The van der Waals surface area contributed by atoms with Crippen molar-refractivity contribution in [3.63, 3.8) is 0 Å². The highest BCUT2D eigenvalue weighted by molar-refractivity contribution is 6.76. The molecule has 5 aliphatic rings. The Bertz CT molecular complexity index is 3760. The molecule has 0 aliphatic carbocycles. The molecule has 28 nitrogen and oxygen atoms in total. The first-order valence-corrected chi connectivity index (χ1v) is 38.8. The standard InChI is InChI=1S/C77H90O28Si/c1-43-51(80)38-52(81)73(93-43)103-61-57(83)54(40-79)96-77(65(61)105-75-62(58(84)56(82)53(39-78)95-75)91-41-45-24-12-6-13-25-45)102-59-44(2)94-76(67(101-72(89)50-34-22-11-23-35-50)63(59)99-70(87)48-30-18-9-19-31-48)104-64-60(98-69(86)47-28-16-8-17-29-47)55(42-92-68(85)46-26-14-7-15-27-46)97-74(90-36-37-106(3,4)5)66(64)100-71(88)49-32-20-10-21-33-49/h6-35,43-44,51-67,73-84H,36-42H2,1-5H3/t43-,44+,51-,52-,53-,54-,55-,56+,57-,58+,59+,60+,61+,62-,63-,64+,65+,66-,67-,73-,74-,75-,76+,77-/m1/s1. The number of ether oxygens (including phenoxy) is 16. The van der Waals surface area contributed by atoms with Crippen LogP contribution in [0, 0.1) is 0 Å². The maximum Gasteiger partial charge on any atom is 0.338 e. The van der Waals surface area contributed by atoms with E-state index >= 15 is 9.59 Å². The van der Waals surface area contributed by atoms with E-state index in [9.17, 15) is 50.1 Å². The van der Waals surface area contributed by atoms with Gasteiger partial charge in [0.05, 0.1) is 65.9 Å². The van der Waals surface area contributed by atoms with Gasteiger partial charge in [-0.2, -0.15) is 0 Å². The monoisotopic (exact) mass is 1490 g/mol. The lowest BCUT2D eigenvalue weighted by atomic mass is 9.95. The van der Waals surface area contributed by atoms with E-state index in [4.69, 9.17) is 75.8 Å². The van der Waals surface area contributed by atoms with Crippen LogP contribution in [-0.4, -0.2) is 248 Å². The summed E-state index contributed by atoms with van der Waals surface area (Å²) in [4.78, 5) is 73.8. The van der Waals surface area contributed by atoms with Crippen molar-refractivity contribution in [3.8, 4) is 0 Å². The summed E-state index contributed by atoms with van der Waals surface area (Å²) in [5.74, 6) is -4.87. The van der Waals surface area contributed by atoms with Crippen LogP contribution in [0.1, 0.15) is 77.6 Å². The minimum atomic E-state index is -2.09. The Morgan fingerprint density at radius 1 is 0.377 bits per heavy atom. The highest BCUT2D eigenvalue weighted by Gasteiger charge is 2.60. The third kappa shape index (κ3) is 19.9. The van der Waals surface area contributed by atoms with Crippen molar-refractivity contribution in [3.05, 3.63) is 215 Å². The van der Waals surface area contributed by atoms with Gasteiger partial charge in [-0.25, -0.2) is 24.0 Å². The lowest BCUT2D eigenvalue weighted by Gasteiger charge is -2.51. The second kappa shape index (κ2) is 36.8. The van der Waals surface area contributed by atoms with E-state index in [0.29, 0.717) is 11.6 Å². The van der Waals surface area contributed by atoms with Crippen LogP contribution in [0.3, 0.4) is 0 Å². The zero-order chi connectivity index (χ0) is 75.2. The minimum Gasteiger partial charge on any atom is -0.459 e. The average molecular weight is 1490 g/mol. The molecule has 29 heteroatoms. The van der Waals surface area contributed by atoms with Gasteiger partial charge in [-0.05, 0) is 86.1 Å². The Morgan fingerprint density at radius 3 is 1.27 bits per heavy atom. The summed E-state index contributed by atoms with van der Waals surface area (Å²) in [7, 11) is -1.96. The molecule has 6 aromatic rings. The number of aliphatic hydroxyl groups is 7. The van der Waals surface area contributed by atoms with E-state index in [1.807, 2.05) is 0 Å². The third-order valence-electron chi connectivity index (χ3n) is 18.6. The number of aliphatic hydroxyl groups excluding tert-OH is 7. The molecule has 0 amide bonds. The summed E-state index contributed by atoms with van der Waals surface area (Å²) < 4.78 is 105. The molecule has 0 bridgehead atoms. The third-order valence-corrected chi connectivity index (χ3v) is 20.3. The van der Waals surface area contributed by atoms with E-state index in [0.717, 1.165) is 0 Å². The molecule has 5 aliphatic heterocycles. The predicted molar refractivity (Wildman–Crippen MR) is 371 cm³/mol. The van der Waals surface area contributed by atoms with Crippen molar-refractivity contribution >= 4 is 37.9 Å². The Labute approximate surface area is 612 Å². The lowest BCUT2D eigenvalue weighted by Crippen LogP contribution is -2.69. The number of carbonyl (C=O) groups is 5. The van der Waals surface area contributed by atoms with Gasteiger partial charge in [0.25, 0.3) is 0 Å². The molecule has 0 unspecified atom stereocenters. The van der Waals surface area contributed by atoms with Gasteiger partial charge in [0.15, 0.2) is 55.9 Å². The molecule has 0 aromatic heterocycles. The molecule has 5 heterocycles. The largest absolute Gasteiger partial charge is 0.459 e. The zero-order valence-corrected chi connectivity index (χ0v) is 59.8. The molecule has 6 aromatic carbocycles. The maximum atomic E-state index is 15.1. The average Bonchev–Trinajstić information content (AvgIpc) is 0.757. The number of carbonyl (C=O) groups excluding carboxylic acids is 5. The van der Waals surface area contributed by atoms with Crippen LogP contribution >= 0.6 is 0 Å². The van der Waals surface area contributed by atoms with E-state index < -0.39 is 205 Å². The normalized spacial score (nSPS) is 32.6. The summed E-state index contributed by atoms with van der Waals surface area (Å²) in [5, 5.41) is 79.7. The van der Waals surface area contributed by atoms with Gasteiger partial charge in [-0.3, -0.25) is 0 Å². The Balaban J connectivity index is 1.05. The van der Waals surface area contributed by atoms with Crippen molar-refractivity contribution < 1.29 is 136 Å². The van der Waals surface area contributed by atoms with Gasteiger partial charge in [0.2, 0.25) is 0 Å². The Hall–Kier alpha value is -7.83. The molecule has 11 rings (SSSR count). The molecule has 24 atom stereocenters. The molecule has 106 heavy (non-hydrogen) atoms. The molecule has 570 valence electrons. The predicted octanol–water partition coefficient (Wildman–Crippen LogP) is 5.07. The van der Waals surface area contributed by atoms with Crippen LogP contribution in [0.2, 0.25) is 25.7 Å². The molecular weight excluding hydrogens is 1400 g/mol. The second-order valence-corrected chi connectivity index (χ2v) is 33.1. The first kappa shape index (κ1) is 79.2. The smallest absolute Gasteiger partial charge is 0.338 e. The number of hydrogen-bond donors (Lipinski definition) is 7. The van der Waals surface area contributed by atoms with E-state index in [1.165, 1.54) is 74.5 Å². The summed E-state index contributed by atoms with van der Waals surface area (Å²) in [6.07, 6.45) is -42.2. The molecule has 5 saturated heterocycles. The summed E-state index contributed by atoms with van der Waals surface area (Å²) in [5.41, 5.74) is 0.711. The first-order chi connectivity index (χ1) is 51.1. The number of hydrogen-bond acceptors (Lipinski definition) is 28. The fourth-order valence-electron chi connectivity index (χ4n) is 12.7. The van der Waals surface area contributed by atoms with E-state index in [-0.39, 0.29) is 47.5 Å². The highest BCUT2D eigenvalue weighted by atomic mass is 28.3. The highest BCUT2D eigenvalue weighted by Crippen LogP contribution is 2.41. The topological polar surface area (TPSA) is 375 Å². The van der Waals surface area contributed by atoms with Crippen LogP contribution in [0.4, 0.5) is 0 Å². The van der Waals surface area contributed by atoms with Crippen molar-refractivity contribution in [1.29, 1.82) is 0 Å². The second-order valence-electron chi connectivity index (χ2n) is 27.5. The molecule has 0 saturated carbocycles. The number of benzene rings is 6. The van der Waals surface area contributed by atoms with Gasteiger partial charge in [-0.15, -0.1) is 0 Å². The van der Waals surface area contributed by atoms with Crippen LogP contribution in [0.5, 0.6) is 0 Å². The number of esters is 5. The summed E-state index contributed by atoms with van der Waals surface area (Å²) in [6, 6.07) is 48.1. The van der Waals surface area contributed by atoms with Crippen molar-refractivity contribution in [2.75, 3.05) is 26.4 Å². The van der Waals surface area contributed by atoms with Gasteiger partial charge in [0, 0.05) is 21.1 Å². The summed E-state index contributed by atoms with van der Waals surface area (Å²) >= 11 is 0. The fraction of sp³-hybridized carbons (Fsp3) is 0.468. The van der Waals surface area contributed by atoms with Crippen molar-refractivity contribution in [2.24, 2.45) is 0 Å². The lowest BCUT2D eigenvalue weighted by molar-refractivity contribution is -0.406. The maximum absolute atomic E-state index is 15.1. The van der Waals surface area contributed by atoms with E-state index in [2.05, 4.69) is 19.6 Å². The minimum absolute atomic E-state index is 0.00556. The number of rotatable bonds is 28. The molecule has 0 radical (unpaired) electrons. The van der Waals surface area contributed by atoms with Crippen LogP contribution < -0.4 is 0 Å². The zero-order valence-electron chi connectivity index (χ0n) is 58.8. The Morgan fingerprint density at radius 2 is 0.774 bits per heavy atom. The SMILES string of the molecule is C[C@@H]1O[C@@H](O[C@H]2[C@@H](OC(=O)c3ccccc3)[C@@H](COC(=O)c3ccccc3)O[C@@H](OCC[Si](C)(C)C)[C@@H]2OC(=O)c2ccccc2)[C@H](OC(=O)c2ccccc2)[C@H](OC(=O)c2ccccc2)[C@H]1O[C@H]1O[C@H](CO)[C@@H](O)[C@H](O[C@H]2O[C@H](C)[C@H](O)C[C@H]2O)[C@@H]1O[C@H]1O[C@H](CO)[C@H](O)[C@H](O)[C@H]1OCc1ccccc1. The Kier molecular flexibility index (Phi) is 27.5. The molecule has 0 spiro atoms.